The minimum absolute atomic E-state index is 0.425. The summed E-state index contributed by atoms with van der Waals surface area (Å²) in [5.74, 6) is 0.697. The van der Waals surface area contributed by atoms with E-state index in [2.05, 4.69) is 15.3 Å². The summed E-state index contributed by atoms with van der Waals surface area (Å²) < 4.78 is 5.35. The van der Waals surface area contributed by atoms with Crippen LogP contribution in [-0.2, 0) is 11.3 Å². The summed E-state index contributed by atoms with van der Waals surface area (Å²) in [4.78, 5) is 8.50. The molecule has 1 fully saturated rings. The highest BCUT2D eigenvalue weighted by Crippen LogP contribution is 2.22. The Morgan fingerprint density at radius 1 is 1.29 bits per heavy atom. The van der Waals surface area contributed by atoms with Crippen molar-refractivity contribution in [3.63, 3.8) is 0 Å². The van der Waals surface area contributed by atoms with Crippen LogP contribution in [0.2, 0.25) is 0 Å². The number of rotatable bonds is 4. The molecule has 0 aromatic carbocycles. The fourth-order valence-electron chi connectivity index (χ4n) is 2.16. The summed E-state index contributed by atoms with van der Waals surface area (Å²) in [6.07, 6.45) is 8.41. The lowest BCUT2D eigenvalue weighted by Gasteiger charge is -2.28. The van der Waals surface area contributed by atoms with Gasteiger partial charge in [0.05, 0.1) is 6.10 Å². The van der Waals surface area contributed by atoms with Crippen molar-refractivity contribution in [2.45, 2.75) is 44.4 Å². The van der Waals surface area contributed by atoms with Gasteiger partial charge in [-0.2, -0.15) is 0 Å². The Hall–Kier alpha value is -1.20. The molecule has 1 aliphatic rings. The summed E-state index contributed by atoms with van der Waals surface area (Å²) >= 11 is 0. The van der Waals surface area contributed by atoms with Crippen molar-refractivity contribution in [2.75, 3.05) is 12.4 Å². The summed E-state index contributed by atoms with van der Waals surface area (Å²) in [6, 6.07) is 0.463. The van der Waals surface area contributed by atoms with Crippen molar-refractivity contribution < 1.29 is 4.74 Å². The normalized spacial score (nSPS) is 24.6. The fourth-order valence-corrected chi connectivity index (χ4v) is 2.16. The van der Waals surface area contributed by atoms with Gasteiger partial charge < -0.3 is 15.8 Å². The Kier molecular flexibility index (Phi) is 4.28. The van der Waals surface area contributed by atoms with Gasteiger partial charge in [0, 0.05) is 37.7 Å². The number of anilines is 1. The molecule has 0 bridgehead atoms. The van der Waals surface area contributed by atoms with E-state index < -0.39 is 0 Å². The molecule has 1 aromatic heterocycles. The van der Waals surface area contributed by atoms with Crippen LogP contribution in [-0.4, -0.2) is 29.2 Å². The van der Waals surface area contributed by atoms with Crippen LogP contribution in [0.4, 0.5) is 5.95 Å². The first kappa shape index (κ1) is 12.3. The molecule has 0 atom stereocenters. The maximum atomic E-state index is 5.50. The molecule has 0 spiro atoms. The molecule has 1 saturated carbocycles. The lowest BCUT2D eigenvalue weighted by atomic mass is 9.93. The van der Waals surface area contributed by atoms with E-state index in [0.717, 1.165) is 31.2 Å². The van der Waals surface area contributed by atoms with Crippen LogP contribution in [0, 0.1) is 0 Å². The zero-order valence-corrected chi connectivity index (χ0v) is 10.2. The lowest BCUT2D eigenvalue weighted by Crippen LogP contribution is -2.29. The minimum atomic E-state index is 0.425. The highest BCUT2D eigenvalue weighted by atomic mass is 16.5. The average molecular weight is 236 g/mol. The van der Waals surface area contributed by atoms with Gasteiger partial charge in [0.15, 0.2) is 0 Å². The van der Waals surface area contributed by atoms with Crippen LogP contribution < -0.4 is 11.1 Å². The zero-order chi connectivity index (χ0) is 12.1. The van der Waals surface area contributed by atoms with Gasteiger partial charge in [0.1, 0.15) is 0 Å². The van der Waals surface area contributed by atoms with E-state index in [1.165, 1.54) is 0 Å². The number of aromatic nitrogens is 2. The highest BCUT2D eigenvalue weighted by molar-refractivity contribution is 5.26. The molecule has 5 nitrogen and oxygen atoms in total. The lowest BCUT2D eigenvalue weighted by molar-refractivity contribution is 0.0681. The van der Waals surface area contributed by atoms with Crippen LogP contribution in [0.3, 0.4) is 0 Å². The number of ether oxygens (including phenoxy) is 1. The molecule has 0 aliphatic heterocycles. The van der Waals surface area contributed by atoms with Crippen LogP contribution in [0.1, 0.15) is 31.2 Å². The summed E-state index contributed by atoms with van der Waals surface area (Å²) in [7, 11) is 1.78. The molecule has 3 N–H and O–H groups in total. The van der Waals surface area contributed by atoms with Gasteiger partial charge in [-0.1, -0.05) is 0 Å². The molecule has 1 heterocycles. The number of hydrogen-bond acceptors (Lipinski definition) is 5. The molecular formula is C12H20N4O. The largest absolute Gasteiger partial charge is 0.381 e. The van der Waals surface area contributed by atoms with Crippen LogP contribution in [0.15, 0.2) is 12.4 Å². The van der Waals surface area contributed by atoms with Gasteiger partial charge in [0.2, 0.25) is 5.95 Å². The molecule has 0 unspecified atom stereocenters. The first-order chi connectivity index (χ1) is 8.31. The summed E-state index contributed by atoms with van der Waals surface area (Å²) in [5, 5.41) is 3.36. The molecule has 1 aliphatic carbocycles. The van der Waals surface area contributed by atoms with Crippen molar-refractivity contribution in [1.82, 2.24) is 9.97 Å². The second kappa shape index (κ2) is 5.93. The van der Waals surface area contributed by atoms with Gasteiger partial charge in [-0.25, -0.2) is 9.97 Å². The molecule has 2 rings (SSSR count). The number of methoxy groups -OCH3 is 1. The van der Waals surface area contributed by atoms with Gasteiger partial charge >= 0.3 is 0 Å². The molecule has 1 aromatic rings. The Balaban J connectivity index is 1.84. The third-order valence-corrected chi connectivity index (χ3v) is 3.28. The van der Waals surface area contributed by atoms with Crippen molar-refractivity contribution >= 4 is 5.95 Å². The third-order valence-electron chi connectivity index (χ3n) is 3.28. The Morgan fingerprint density at radius 3 is 2.47 bits per heavy atom. The van der Waals surface area contributed by atoms with Crippen LogP contribution in [0.25, 0.3) is 0 Å². The first-order valence-corrected chi connectivity index (χ1v) is 6.12. The first-order valence-electron chi connectivity index (χ1n) is 6.12. The van der Waals surface area contributed by atoms with Gasteiger partial charge in [-0.3, -0.25) is 0 Å². The Labute approximate surface area is 102 Å². The summed E-state index contributed by atoms with van der Waals surface area (Å²) in [6.45, 7) is 0.485. The maximum absolute atomic E-state index is 5.50. The molecule has 17 heavy (non-hydrogen) atoms. The van der Waals surface area contributed by atoms with Crippen molar-refractivity contribution in [3.05, 3.63) is 18.0 Å². The monoisotopic (exact) mass is 236 g/mol. The summed E-state index contributed by atoms with van der Waals surface area (Å²) in [5.41, 5.74) is 6.46. The van der Waals surface area contributed by atoms with Gasteiger partial charge in [-0.05, 0) is 25.7 Å². The fraction of sp³-hybridized carbons (Fsp3) is 0.667. The smallest absolute Gasteiger partial charge is 0.222 e. The highest BCUT2D eigenvalue weighted by Gasteiger charge is 2.20. The van der Waals surface area contributed by atoms with E-state index in [-0.39, 0.29) is 0 Å². The third kappa shape index (κ3) is 3.38. The SMILES string of the molecule is CO[C@H]1CC[C@H](Nc2ncc(CN)cn2)CC1. The quantitative estimate of drug-likeness (QED) is 0.824. The zero-order valence-electron chi connectivity index (χ0n) is 10.2. The number of nitrogens with two attached hydrogens (primary N) is 1. The predicted octanol–water partition coefficient (Wildman–Crippen LogP) is 1.30. The van der Waals surface area contributed by atoms with E-state index >= 15 is 0 Å². The Bertz CT molecular complexity index is 333. The minimum Gasteiger partial charge on any atom is -0.381 e. The molecular weight excluding hydrogens is 216 g/mol. The molecule has 94 valence electrons. The topological polar surface area (TPSA) is 73.1 Å². The number of nitrogens with one attached hydrogen (secondary N) is 1. The van der Waals surface area contributed by atoms with Crippen LogP contribution in [0.5, 0.6) is 0 Å². The number of nitrogens with zero attached hydrogens (tertiary/aromatic N) is 2. The van der Waals surface area contributed by atoms with Gasteiger partial charge in [0.25, 0.3) is 0 Å². The van der Waals surface area contributed by atoms with Crippen molar-refractivity contribution in [2.24, 2.45) is 5.73 Å². The Morgan fingerprint density at radius 2 is 1.94 bits per heavy atom. The van der Waals surface area contributed by atoms with E-state index in [4.69, 9.17) is 10.5 Å². The van der Waals surface area contributed by atoms with Crippen molar-refractivity contribution in [1.29, 1.82) is 0 Å². The van der Waals surface area contributed by atoms with Crippen LogP contribution >= 0.6 is 0 Å². The van der Waals surface area contributed by atoms with E-state index in [9.17, 15) is 0 Å². The van der Waals surface area contributed by atoms with E-state index in [1.807, 2.05) is 0 Å². The van der Waals surface area contributed by atoms with E-state index in [0.29, 0.717) is 24.6 Å². The maximum Gasteiger partial charge on any atom is 0.222 e. The molecule has 0 saturated heterocycles. The van der Waals surface area contributed by atoms with E-state index in [1.54, 1.807) is 19.5 Å². The second-order valence-electron chi connectivity index (χ2n) is 4.47. The standard InChI is InChI=1S/C12H20N4O/c1-17-11-4-2-10(3-5-11)16-12-14-7-9(6-13)8-15-12/h7-8,10-11H,2-6,13H2,1H3,(H,14,15,16)/t10-,11-. The second-order valence-corrected chi connectivity index (χ2v) is 4.47. The molecule has 0 amide bonds. The van der Waals surface area contributed by atoms with Gasteiger partial charge in [-0.15, -0.1) is 0 Å². The molecule has 0 radical (unpaired) electrons. The van der Waals surface area contributed by atoms with Crippen molar-refractivity contribution in [3.8, 4) is 0 Å². The predicted molar refractivity (Wildman–Crippen MR) is 66.6 cm³/mol. The average Bonchev–Trinajstić information content (AvgIpc) is 2.40. The molecule has 5 heteroatoms. The number of hydrogen-bond donors (Lipinski definition) is 2.